The molecule has 0 amide bonds. The molecule has 0 aliphatic rings. The number of nitrogens with one attached hydrogen (secondary N) is 1. The van der Waals surface area contributed by atoms with Gasteiger partial charge >= 0.3 is 18.3 Å². The van der Waals surface area contributed by atoms with E-state index in [9.17, 15) is 31.1 Å². The van der Waals surface area contributed by atoms with Gasteiger partial charge in [0.2, 0.25) is 5.82 Å². The van der Waals surface area contributed by atoms with Crippen LogP contribution in [0.3, 0.4) is 0 Å². The Bertz CT molecular complexity index is 1440. The second-order valence-corrected chi connectivity index (χ2v) is 8.24. The maximum absolute atomic E-state index is 13.9. The number of hydrogen-bond donors (Lipinski definition) is 2. The fourth-order valence-electron chi connectivity index (χ4n) is 3.77. The average Bonchev–Trinajstić information content (AvgIpc) is 3.36. The monoisotopic (exact) mass is 571 g/mol. The van der Waals surface area contributed by atoms with E-state index in [-0.39, 0.29) is 36.1 Å². The molecule has 3 aromatic carbocycles. The standard InChI is InChI=1S/C26H19F6N3O3.ClH/c27-25(28,29)20-4-2-1-3-18(20)19-10-9-17(13-21(19)26(30,31)32)24-34-23(35-38-24)16-7-5-15(6-8-16)14-33-12-11-22(36)37;/h1-10,13,33H,11-12,14H2,(H,36,37);1H. The Labute approximate surface area is 224 Å². The summed E-state index contributed by atoms with van der Waals surface area (Å²) < 4.78 is 87.3. The summed E-state index contributed by atoms with van der Waals surface area (Å²) in [6.45, 7) is 0.723. The molecule has 1 heterocycles. The number of rotatable bonds is 8. The predicted molar refractivity (Wildman–Crippen MR) is 132 cm³/mol. The van der Waals surface area contributed by atoms with E-state index < -0.39 is 40.6 Å². The molecule has 39 heavy (non-hydrogen) atoms. The van der Waals surface area contributed by atoms with Crippen LogP contribution in [0.25, 0.3) is 34.0 Å². The van der Waals surface area contributed by atoms with Gasteiger partial charge in [0.15, 0.2) is 0 Å². The van der Waals surface area contributed by atoms with Crippen molar-refractivity contribution in [2.24, 2.45) is 0 Å². The van der Waals surface area contributed by atoms with E-state index in [2.05, 4.69) is 15.5 Å². The number of aromatic nitrogens is 2. The van der Waals surface area contributed by atoms with Gasteiger partial charge in [0.1, 0.15) is 0 Å². The first kappa shape index (κ1) is 29.7. The number of hydrogen-bond acceptors (Lipinski definition) is 5. The summed E-state index contributed by atoms with van der Waals surface area (Å²) in [6.07, 6.45) is -9.82. The van der Waals surface area contributed by atoms with Crippen molar-refractivity contribution in [1.82, 2.24) is 15.5 Å². The number of carboxylic acids is 1. The van der Waals surface area contributed by atoms with Gasteiger partial charge in [-0.3, -0.25) is 4.79 Å². The number of carboxylic acid groups (broad SMARTS) is 1. The molecule has 0 aliphatic carbocycles. The summed E-state index contributed by atoms with van der Waals surface area (Å²) in [4.78, 5) is 14.7. The third-order valence-corrected chi connectivity index (χ3v) is 5.58. The highest BCUT2D eigenvalue weighted by Crippen LogP contribution is 2.43. The molecule has 0 spiro atoms. The van der Waals surface area contributed by atoms with Crippen molar-refractivity contribution in [3.05, 3.63) is 83.4 Å². The fourth-order valence-corrected chi connectivity index (χ4v) is 3.77. The van der Waals surface area contributed by atoms with Crippen LogP contribution in [0.2, 0.25) is 0 Å². The molecule has 13 heteroatoms. The van der Waals surface area contributed by atoms with Crippen molar-refractivity contribution in [2.75, 3.05) is 6.54 Å². The van der Waals surface area contributed by atoms with Gasteiger partial charge in [0, 0.05) is 24.2 Å². The third kappa shape index (κ3) is 7.15. The van der Waals surface area contributed by atoms with Crippen LogP contribution in [0.4, 0.5) is 26.3 Å². The van der Waals surface area contributed by atoms with Crippen LogP contribution in [0.15, 0.2) is 71.3 Å². The van der Waals surface area contributed by atoms with Gasteiger partial charge in [-0.25, -0.2) is 0 Å². The Morgan fingerprint density at radius 2 is 1.46 bits per heavy atom. The molecule has 0 unspecified atom stereocenters. The van der Waals surface area contributed by atoms with Gasteiger partial charge in [-0.2, -0.15) is 31.3 Å². The first-order chi connectivity index (χ1) is 17.9. The minimum atomic E-state index is -4.96. The number of aliphatic carboxylic acids is 1. The Kier molecular flexibility index (Phi) is 9.03. The van der Waals surface area contributed by atoms with Gasteiger partial charge < -0.3 is 14.9 Å². The van der Waals surface area contributed by atoms with E-state index in [1.165, 1.54) is 12.1 Å². The van der Waals surface area contributed by atoms with Crippen molar-refractivity contribution >= 4 is 18.4 Å². The van der Waals surface area contributed by atoms with Crippen LogP contribution in [0.5, 0.6) is 0 Å². The molecule has 0 atom stereocenters. The molecule has 4 rings (SSSR count). The minimum Gasteiger partial charge on any atom is -0.481 e. The van der Waals surface area contributed by atoms with Gasteiger partial charge in [-0.05, 0) is 34.9 Å². The van der Waals surface area contributed by atoms with Gasteiger partial charge in [0.25, 0.3) is 5.89 Å². The minimum absolute atomic E-state index is 0. The predicted octanol–water partition coefficient (Wildman–Crippen LogP) is 7.09. The van der Waals surface area contributed by atoms with Crippen molar-refractivity contribution in [3.8, 4) is 34.0 Å². The van der Waals surface area contributed by atoms with Crippen molar-refractivity contribution < 1.29 is 40.8 Å². The maximum Gasteiger partial charge on any atom is 0.417 e. The van der Waals surface area contributed by atoms with Crippen LogP contribution in [0.1, 0.15) is 23.1 Å². The summed E-state index contributed by atoms with van der Waals surface area (Å²) >= 11 is 0. The summed E-state index contributed by atoms with van der Waals surface area (Å²) in [6, 6.07) is 13.7. The summed E-state index contributed by atoms with van der Waals surface area (Å²) in [7, 11) is 0. The van der Waals surface area contributed by atoms with Gasteiger partial charge in [0.05, 0.1) is 17.5 Å². The molecule has 0 fully saturated rings. The summed E-state index contributed by atoms with van der Waals surface area (Å²) in [5.41, 5.74) is -2.41. The van der Waals surface area contributed by atoms with Crippen molar-refractivity contribution in [1.29, 1.82) is 0 Å². The molecule has 0 radical (unpaired) electrons. The molecular weight excluding hydrogens is 552 g/mol. The molecule has 0 bridgehead atoms. The quantitative estimate of drug-likeness (QED) is 0.173. The highest BCUT2D eigenvalue weighted by atomic mass is 35.5. The Morgan fingerprint density at radius 3 is 2.10 bits per heavy atom. The van der Waals surface area contributed by atoms with Crippen molar-refractivity contribution in [3.63, 3.8) is 0 Å². The second-order valence-electron chi connectivity index (χ2n) is 8.24. The topological polar surface area (TPSA) is 88.2 Å². The van der Waals surface area contributed by atoms with Crippen LogP contribution in [0, 0.1) is 0 Å². The zero-order valence-electron chi connectivity index (χ0n) is 19.8. The first-order valence-corrected chi connectivity index (χ1v) is 11.2. The molecule has 2 N–H and O–H groups in total. The Hall–Kier alpha value is -3.90. The lowest BCUT2D eigenvalue weighted by Gasteiger charge is -2.18. The molecule has 206 valence electrons. The Morgan fingerprint density at radius 1 is 0.846 bits per heavy atom. The number of benzene rings is 3. The van der Waals surface area contributed by atoms with E-state index in [0.717, 1.165) is 29.8 Å². The molecule has 6 nitrogen and oxygen atoms in total. The summed E-state index contributed by atoms with van der Waals surface area (Å²) in [5.74, 6) is -1.05. The van der Waals surface area contributed by atoms with Crippen LogP contribution < -0.4 is 5.32 Å². The highest BCUT2D eigenvalue weighted by Gasteiger charge is 2.38. The smallest absolute Gasteiger partial charge is 0.417 e. The number of carbonyl (C=O) groups is 1. The Balaban J connectivity index is 0.00000420. The number of halogens is 7. The molecule has 4 aromatic rings. The first-order valence-electron chi connectivity index (χ1n) is 11.2. The maximum atomic E-state index is 13.9. The SMILES string of the molecule is Cl.O=C(O)CCNCc1ccc(-c2noc(-c3ccc(-c4ccccc4C(F)(F)F)c(C(F)(F)F)c3)n2)cc1. The molecule has 0 saturated heterocycles. The van der Waals surface area contributed by atoms with Crippen LogP contribution >= 0.6 is 12.4 Å². The lowest BCUT2D eigenvalue weighted by molar-refractivity contribution is -0.139. The fraction of sp³-hybridized carbons (Fsp3) is 0.192. The van der Waals surface area contributed by atoms with E-state index in [1.54, 1.807) is 24.3 Å². The lowest BCUT2D eigenvalue weighted by atomic mass is 9.93. The highest BCUT2D eigenvalue weighted by molar-refractivity contribution is 5.85. The van der Waals surface area contributed by atoms with Crippen molar-refractivity contribution in [2.45, 2.75) is 25.3 Å². The zero-order chi connectivity index (χ0) is 27.5. The molecular formula is C26H20ClF6N3O3. The van der Waals surface area contributed by atoms with Gasteiger partial charge in [-0.1, -0.05) is 53.7 Å². The van der Waals surface area contributed by atoms with E-state index in [4.69, 9.17) is 9.63 Å². The molecule has 1 aromatic heterocycles. The second kappa shape index (κ2) is 11.9. The number of nitrogens with zero attached hydrogens (tertiary/aromatic N) is 2. The third-order valence-electron chi connectivity index (χ3n) is 5.58. The number of alkyl halides is 6. The normalized spacial score (nSPS) is 11.7. The van der Waals surface area contributed by atoms with Gasteiger partial charge in [-0.15, -0.1) is 12.4 Å². The van der Waals surface area contributed by atoms with E-state index >= 15 is 0 Å². The van der Waals surface area contributed by atoms with Crippen LogP contribution in [-0.2, 0) is 23.7 Å². The zero-order valence-corrected chi connectivity index (χ0v) is 20.6. The molecule has 0 aliphatic heterocycles. The summed E-state index contributed by atoms with van der Waals surface area (Å²) in [5, 5.41) is 15.4. The van der Waals surface area contributed by atoms with E-state index in [0.29, 0.717) is 24.7 Å². The van der Waals surface area contributed by atoms with E-state index in [1.807, 2.05) is 0 Å². The average molecular weight is 572 g/mol. The molecule has 0 saturated carbocycles. The van der Waals surface area contributed by atoms with Crippen LogP contribution in [-0.4, -0.2) is 27.8 Å². The lowest BCUT2D eigenvalue weighted by Crippen LogP contribution is -2.17. The largest absolute Gasteiger partial charge is 0.481 e.